The molecule has 2 N–H and O–H groups in total. The quantitative estimate of drug-likeness (QED) is 0.224. The molecule has 16 unspecified atom stereocenters. The fraction of sp³-hybridized carbons (Fsp3) is 0.500. The van der Waals surface area contributed by atoms with Gasteiger partial charge in [0.05, 0.1) is 0 Å². The number of aromatic amines is 2. The molecular weight excluding hydrogens is 689 g/mol. The Kier molecular flexibility index (Phi) is 4.70. The van der Waals surface area contributed by atoms with Crippen molar-refractivity contribution in [2.45, 2.75) is 75.0 Å². The highest BCUT2D eigenvalue weighted by atomic mass is 15.1. The van der Waals surface area contributed by atoms with Gasteiger partial charge in [-0.05, 0) is 98.7 Å². The van der Waals surface area contributed by atoms with Gasteiger partial charge in [-0.1, -0.05) is 48.6 Å². The van der Waals surface area contributed by atoms with Crippen LogP contribution in [0, 0.1) is 71.0 Å². The summed E-state index contributed by atoms with van der Waals surface area (Å²) in [5, 5.41) is 0. The molecular formula is C48H42N8. The van der Waals surface area contributed by atoms with E-state index in [4.69, 9.17) is 29.9 Å². The molecule has 0 radical (unpaired) electrons. The van der Waals surface area contributed by atoms with Gasteiger partial charge < -0.3 is 9.97 Å². The summed E-state index contributed by atoms with van der Waals surface area (Å²) in [6.07, 6.45) is 30.4. The third kappa shape index (κ3) is 3.01. The van der Waals surface area contributed by atoms with E-state index in [0.29, 0.717) is 94.7 Å². The summed E-state index contributed by atoms with van der Waals surface area (Å²) in [4.78, 5) is 41.7. The molecule has 8 nitrogen and oxygen atoms in total. The maximum absolute atomic E-state index is 5.73. The van der Waals surface area contributed by atoms with Crippen molar-refractivity contribution in [2.75, 3.05) is 0 Å². The fourth-order valence-corrected chi connectivity index (χ4v) is 16.1. The topological polar surface area (TPSA) is 109 Å². The number of hydrogen-bond donors (Lipinski definition) is 2. The monoisotopic (exact) mass is 730 g/mol. The molecule has 4 fully saturated rings. The molecule has 18 aliphatic rings. The van der Waals surface area contributed by atoms with Crippen LogP contribution >= 0.6 is 0 Å². The van der Waals surface area contributed by atoms with Gasteiger partial charge in [0.1, 0.15) is 22.6 Å². The molecule has 8 heteroatoms. The van der Waals surface area contributed by atoms with Gasteiger partial charge in [-0.2, -0.15) is 0 Å². The van der Waals surface area contributed by atoms with Crippen LogP contribution < -0.4 is 0 Å². The van der Waals surface area contributed by atoms with Crippen LogP contribution in [0.25, 0.3) is 44.9 Å². The van der Waals surface area contributed by atoms with Crippen LogP contribution in [0.5, 0.6) is 0 Å². The van der Waals surface area contributed by atoms with Crippen molar-refractivity contribution >= 4 is 44.9 Å². The van der Waals surface area contributed by atoms with Gasteiger partial charge >= 0.3 is 0 Å². The Labute approximate surface area is 324 Å². The lowest BCUT2D eigenvalue weighted by molar-refractivity contribution is 0.108. The predicted molar refractivity (Wildman–Crippen MR) is 212 cm³/mol. The van der Waals surface area contributed by atoms with Crippen molar-refractivity contribution in [1.82, 2.24) is 39.9 Å². The lowest BCUT2D eigenvalue weighted by atomic mass is 9.51. The molecule has 0 saturated heterocycles. The van der Waals surface area contributed by atoms with E-state index in [1.54, 1.807) is 0 Å². The van der Waals surface area contributed by atoms with Crippen molar-refractivity contribution in [3.63, 3.8) is 0 Å². The highest BCUT2D eigenvalue weighted by Crippen LogP contribution is 2.66. The average molecular weight is 731 g/mol. The minimum absolute atomic E-state index is 0.355. The van der Waals surface area contributed by atoms with Crippen molar-refractivity contribution in [3.05, 3.63) is 94.2 Å². The molecule has 3 aromatic rings. The average Bonchev–Trinajstić information content (AvgIpc) is 3.89. The van der Waals surface area contributed by atoms with Crippen molar-refractivity contribution in [2.24, 2.45) is 71.0 Å². The van der Waals surface area contributed by atoms with E-state index in [1.165, 1.54) is 95.9 Å². The summed E-state index contributed by atoms with van der Waals surface area (Å²) in [5.74, 6) is 12.0. The van der Waals surface area contributed by atoms with E-state index in [2.05, 4.69) is 58.6 Å². The minimum atomic E-state index is 0.355. The zero-order chi connectivity index (χ0) is 35.4. The van der Waals surface area contributed by atoms with Crippen molar-refractivity contribution < 1.29 is 0 Å². The number of aromatic nitrogens is 8. The molecule has 16 aliphatic carbocycles. The van der Waals surface area contributed by atoms with Crippen LogP contribution in [-0.4, -0.2) is 39.9 Å². The Morgan fingerprint density at radius 2 is 0.518 bits per heavy atom. The first-order chi connectivity index (χ1) is 27.7. The zero-order valence-electron chi connectivity index (χ0n) is 31.2. The third-order valence-electron chi connectivity index (χ3n) is 18.9. The summed E-state index contributed by atoms with van der Waals surface area (Å²) in [6.45, 7) is 0. The molecule has 0 spiro atoms. The SMILES string of the molecule is C1=CC2C3=C(c4nc5nc(nc6[nH]c(nc7[nH]c(nc3n4)c3c7C4C=CC3C3CCC43)c3c6C4C=CC3C3CCC43)C3=C5C4C=CC3C3CCC43)C1C1CCC21. The highest BCUT2D eigenvalue weighted by molar-refractivity contribution is 5.99. The van der Waals surface area contributed by atoms with Gasteiger partial charge in [0.25, 0.3) is 0 Å². The number of fused-ring (bicyclic) bond motifs is 8. The maximum Gasteiger partial charge on any atom is 0.161 e. The van der Waals surface area contributed by atoms with Gasteiger partial charge in [-0.15, -0.1) is 0 Å². The van der Waals surface area contributed by atoms with Gasteiger partial charge in [0.2, 0.25) is 0 Å². The Balaban J connectivity index is 1.02. The lowest BCUT2D eigenvalue weighted by Gasteiger charge is -2.52. The first kappa shape index (κ1) is 28.6. The normalized spacial score (nSPS) is 44.1. The Morgan fingerprint density at radius 1 is 0.286 bits per heavy atom. The van der Waals surface area contributed by atoms with Crippen LogP contribution in [-0.2, 0) is 0 Å². The summed E-state index contributed by atoms with van der Waals surface area (Å²) in [6, 6.07) is 0. The van der Waals surface area contributed by atoms with E-state index in [-0.39, 0.29) is 0 Å². The predicted octanol–water partition coefficient (Wildman–Crippen LogP) is 8.95. The van der Waals surface area contributed by atoms with E-state index in [9.17, 15) is 0 Å². The summed E-state index contributed by atoms with van der Waals surface area (Å²) >= 11 is 0. The van der Waals surface area contributed by atoms with Crippen molar-refractivity contribution in [3.8, 4) is 0 Å². The standard InChI is InChI=1S/C48H42N8/c1-2-18-17(1)25-9-10-26(18)34-33(25)41-49-42(34)54-44-37-29-13-14-30(22-6-5-21(22)29)38(37)46(51-44)56-48-40-32-16-15-31(23-7-8-24(23)32)39(40)47(52-48)55-45-36-28-12-11-27(19-3-4-20(19)28)35(36)43(50-45)53-41/h9-32H,1-8H2,(H2,49,50,51,52,53,54,55,56). The largest absolute Gasteiger partial charge is 0.324 e. The smallest absolute Gasteiger partial charge is 0.161 e. The van der Waals surface area contributed by atoms with Gasteiger partial charge in [-0.3, -0.25) is 0 Å². The maximum atomic E-state index is 5.73. The fourth-order valence-electron chi connectivity index (χ4n) is 16.1. The first-order valence-corrected chi connectivity index (χ1v) is 22.3. The molecule has 16 atom stereocenters. The number of allylic oxidation sites excluding steroid dienone is 12. The van der Waals surface area contributed by atoms with Gasteiger partial charge in [0, 0.05) is 91.9 Å². The minimum Gasteiger partial charge on any atom is -0.324 e. The number of H-pyrrole nitrogens is 2. The van der Waals surface area contributed by atoms with Crippen LogP contribution in [0.2, 0.25) is 0 Å². The van der Waals surface area contributed by atoms with Crippen molar-refractivity contribution in [1.29, 1.82) is 0 Å². The summed E-state index contributed by atoms with van der Waals surface area (Å²) < 4.78 is 0. The number of nitrogens with one attached hydrogen (secondary N) is 2. The summed E-state index contributed by atoms with van der Waals surface area (Å²) in [7, 11) is 0. The van der Waals surface area contributed by atoms with E-state index >= 15 is 0 Å². The Bertz CT molecular complexity index is 2670. The van der Waals surface area contributed by atoms with E-state index < -0.39 is 0 Å². The lowest BCUT2D eigenvalue weighted by Crippen LogP contribution is -2.44. The molecule has 2 aliphatic heterocycles. The number of hydrogen-bond acceptors (Lipinski definition) is 6. The second-order valence-corrected chi connectivity index (χ2v) is 20.3. The number of nitrogens with zero attached hydrogens (tertiary/aromatic N) is 6. The van der Waals surface area contributed by atoms with Crippen LogP contribution in [0.15, 0.2) is 48.6 Å². The van der Waals surface area contributed by atoms with E-state index in [0.717, 1.165) is 45.9 Å². The zero-order valence-corrected chi connectivity index (χ0v) is 31.2. The first-order valence-electron chi connectivity index (χ1n) is 22.3. The Hall–Kier alpha value is -4.72. The third-order valence-corrected chi connectivity index (χ3v) is 18.9. The van der Waals surface area contributed by atoms with E-state index in [1.807, 2.05) is 0 Å². The molecule has 0 amide bonds. The molecule has 16 bridgehead atoms. The van der Waals surface area contributed by atoms with Crippen LogP contribution in [0.3, 0.4) is 0 Å². The van der Waals surface area contributed by atoms with Crippen LogP contribution in [0.1, 0.15) is 121 Å². The summed E-state index contributed by atoms with van der Waals surface area (Å²) in [5.41, 5.74) is 14.9. The molecule has 5 heterocycles. The second kappa shape index (κ2) is 9.19. The van der Waals surface area contributed by atoms with Gasteiger partial charge in [0.15, 0.2) is 23.3 Å². The highest BCUT2D eigenvalue weighted by Gasteiger charge is 2.57. The van der Waals surface area contributed by atoms with Gasteiger partial charge in [-0.25, -0.2) is 29.9 Å². The Morgan fingerprint density at radius 3 is 0.804 bits per heavy atom. The molecule has 0 aromatic carbocycles. The van der Waals surface area contributed by atoms with Crippen LogP contribution in [0.4, 0.5) is 0 Å². The molecule has 4 saturated carbocycles. The number of rotatable bonds is 0. The molecule has 56 heavy (non-hydrogen) atoms. The molecule has 21 rings (SSSR count). The second-order valence-electron chi connectivity index (χ2n) is 20.3. The molecule has 274 valence electrons. The molecule has 3 aromatic heterocycles.